The number of ketones is 1. The molecule has 4 heterocycles. The average Bonchev–Trinajstić information content (AvgIpc) is 3.77. The number of rotatable bonds is 3. The third-order valence-corrected chi connectivity index (χ3v) is 10.1. The molecule has 2 bridgehead atoms. The van der Waals surface area contributed by atoms with Gasteiger partial charge in [0.1, 0.15) is 5.75 Å². The molecule has 6 atom stereocenters. The normalized spacial score (nSPS) is 29.7. The number of hydrogen-bond acceptors (Lipinski definition) is 7. The van der Waals surface area contributed by atoms with Gasteiger partial charge in [0.15, 0.2) is 17.9 Å². The maximum absolute atomic E-state index is 14.2. The second kappa shape index (κ2) is 10.0. The summed E-state index contributed by atoms with van der Waals surface area (Å²) in [5.74, 6) is 2.34. The highest BCUT2D eigenvalue weighted by Gasteiger charge is 2.52. The summed E-state index contributed by atoms with van der Waals surface area (Å²) in [7, 11) is 0. The fourth-order valence-electron chi connectivity index (χ4n) is 6.75. The first-order valence-corrected chi connectivity index (χ1v) is 15.3. The maximum Gasteiger partial charge on any atom is 0.251 e. The summed E-state index contributed by atoms with van der Waals surface area (Å²) >= 11 is 1.83. The van der Waals surface area contributed by atoms with Gasteiger partial charge in [-0.2, -0.15) is 5.01 Å². The van der Waals surface area contributed by atoms with Crippen molar-refractivity contribution in [2.24, 2.45) is 11.8 Å². The first kappa shape index (κ1) is 25.1. The van der Waals surface area contributed by atoms with E-state index in [0.717, 1.165) is 29.1 Å². The lowest BCUT2D eigenvalue weighted by Crippen LogP contribution is -2.69. The SMILES string of the molecule is O=C1C=CN2C(C(=O)N3C[C@@H]4C[C@H]4COc4cccc5c4[C@H](c4ccccc4SC5)N2C3)C1OCc1ccccc1. The lowest BCUT2D eigenvalue weighted by molar-refractivity contribution is -0.190. The highest BCUT2D eigenvalue weighted by atomic mass is 32.2. The Balaban J connectivity index is 1.27. The maximum atomic E-state index is 14.2. The molecule has 3 unspecified atom stereocenters. The number of amides is 1. The highest BCUT2D eigenvalue weighted by Crippen LogP contribution is 2.49. The van der Waals surface area contributed by atoms with Crippen LogP contribution in [0.3, 0.4) is 0 Å². The molecule has 2 fully saturated rings. The average molecular weight is 566 g/mol. The number of hydrogen-bond donors (Lipinski definition) is 0. The van der Waals surface area contributed by atoms with Crippen LogP contribution in [0.25, 0.3) is 0 Å². The number of benzene rings is 3. The second-order valence-corrected chi connectivity index (χ2v) is 12.5. The zero-order valence-electron chi connectivity index (χ0n) is 22.6. The molecule has 1 saturated carbocycles. The quantitative estimate of drug-likeness (QED) is 0.453. The molecule has 8 heteroatoms. The van der Waals surface area contributed by atoms with Gasteiger partial charge in [0.05, 0.1) is 25.9 Å². The Hall–Kier alpha value is -3.59. The van der Waals surface area contributed by atoms with Gasteiger partial charge in [0.2, 0.25) is 0 Å². The molecule has 41 heavy (non-hydrogen) atoms. The fourth-order valence-corrected chi connectivity index (χ4v) is 7.83. The number of ether oxygens (including phenoxy) is 2. The van der Waals surface area contributed by atoms with Gasteiger partial charge in [0, 0.05) is 35.0 Å². The lowest BCUT2D eigenvalue weighted by Gasteiger charge is -2.53. The molecule has 0 radical (unpaired) electrons. The van der Waals surface area contributed by atoms with Gasteiger partial charge in [-0.25, -0.2) is 0 Å². The first-order valence-electron chi connectivity index (χ1n) is 14.3. The first-order chi connectivity index (χ1) is 20.2. The molecule has 1 aliphatic carbocycles. The Morgan fingerprint density at radius 3 is 2.71 bits per heavy atom. The van der Waals surface area contributed by atoms with Crippen molar-refractivity contribution in [3.63, 3.8) is 0 Å². The Bertz CT molecular complexity index is 1540. The van der Waals surface area contributed by atoms with E-state index in [1.165, 1.54) is 16.0 Å². The number of carbonyl (C=O) groups is 2. The van der Waals surface area contributed by atoms with E-state index in [1.807, 2.05) is 52.0 Å². The van der Waals surface area contributed by atoms with Crippen LogP contribution in [0.2, 0.25) is 0 Å². The van der Waals surface area contributed by atoms with E-state index >= 15 is 0 Å². The van der Waals surface area contributed by atoms with E-state index < -0.39 is 12.1 Å². The van der Waals surface area contributed by atoms with E-state index in [2.05, 4.69) is 47.5 Å². The Morgan fingerprint density at radius 1 is 0.951 bits per heavy atom. The second-order valence-electron chi connectivity index (χ2n) is 11.5. The van der Waals surface area contributed by atoms with Crippen LogP contribution in [0, 0.1) is 11.8 Å². The van der Waals surface area contributed by atoms with Crippen LogP contribution in [-0.4, -0.2) is 58.6 Å². The van der Waals surface area contributed by atoms with Gasteiger partial charge in [0.25, 0.3) is 5.91 Å². The smallest absolute Gasteiger partial charge is 0.251 e. The molecular weight excluding hydrogens is 534 g/mol. The van der Waals surface area contributed by atoms with Crippen molar-refractivity contribution in [1.82, 2.24) is 14.9 Å². The highest BCUT2D eigenvalue weighted by molar-refractivity contribution is 7.98. The summed E-state index contributed by atoms with van der Waals surface area (Å²) in [6.45, 7) is 2.00. The van der Waals surface area contributed by atoms with Gasteiger partial charge < -0.3 is 14.4 Å². The molecule has 5 aliphatic rings. The molecule has 1 amide bonds. The predicted molar refractivity (Wildman–Crippen MR) is 155 cm³/mol. The summed E-state index contributed by atoms with van der Waals surface area (Å²) in [4.78, 5) is 30.8. The predicted octanol–water partition coefficient (Wildman–Crippen LogP) is 4.78. The monoisotopic (exact) mass is 565 g/mol. The minimum Gasteiger partial charge on any atom is -0.493 e. The number of carbonyl (C=O) groups excluding carboxylic acids is 2. The van der Waals surface area contributed by atoms with Crippen molar-refractivity contribution in [3.8, 4) is 5.75 Å². The number of nitrogens with zero attached hydrogens (tertiary/aromatic N) is 3. The molecule has 1 saturated heterocycles. The minimum absolute atomic E-state index is 0.0485. The van der Waals surface area contributed by atoms with Crippen LogP contribution in [0.5, 0.6) is 5.75 Å². The van der Waals surface area contributed by atoms with Crippen LogP contribution in [0.4, 0.5) is 0 Å². The topological polar surface area (TPSA) is 62.3 Å². The molecule has 3 aromatic carbocycles. The third kappa shape index (κ3) is 4.36. The zero-order valence-corrected chi connectivity index (χ0v) is 23.4. The van der Waals surface area contributed by atoms with E-state index in [-0.39, 0.29) is 24.3 Å². The summed E-state index contributed by atoms with van der Waals surface area (Å²) in [6.07, 6.45) is 3.49. The standard InChI is InChI=1S/C33H31N3O4S/c37-26-13-14-35-31(32(26)40-17-21-7-2-1-3-8-21)33(38)34-16-23-15-24(23)18-39-27-11-6-9-22-19-41-28-12-5-4-10-25(28)30(29(22)27)36(35)20-34/h1-14,23-24,30-32H,15-20H2/t23-,24-,30-,31?,32?/m0/s1. The third-order valence-electron chi connectivity index (χ3n) is 8.99. The van der Waals surface area contributed by atoms with Gasteiger partial charge in [-0.15, -0.1) is 11.8 Å². The van der Waals surface area contributed by atoms with Crippen molar-refractivity contribution < 1.29 is 19.1 Å². The van der Waals surface area contributed by atoms with Gasteiger partial charge in [-0.05, 0) is 47.1 Å². The zero-order chi connectivity index (χ0) is 27.5. The van der Waals surface area contributed by atoms with Crippen molar-refractivity contribution >= 4 is 23.5 Å². The Labute approximate surface area is 243 Å². The van der Waals surface area contributed by atoms with E-state index in [1.54, 1.807) is 12.3 Å². The largest absolute Gasteiger partial charge is 0.493 e. The van der Waals surface area contributed by atoms with Crippen LogP contribution in [-0.2, 0) is 26.7 Å². The Morgan fingerprint density at radius 2 is 1.80 bits per heavy atom. The van der Waals surface area contributed by atoms with Crippen LogP contribution < -0.4 is 4.74 Å². The molecule has 8 rings (SSSR count). The van der Waals surface area contributed by atoms with Crippen molar-refractivity contribution in [1.29, 1.82) is 0 Å². The van der Waals surface area contributed by atoms with E-state index in [9.17, 15) is 9.59 Å². The molecular formula is C33H31N3O4S. The molecule has 3 aromatic rings. The Kier molecular flexibility index (Phi) is 6.16. The summed E-state index contributed by atoms with van der Waals surface area (Å²) in [5, 5.41) is 4.25. The number of thioether (sulfide) groups is 1. The van der Waals surface area contributed by atoms with Gasteiger partial charge >= 0.3 is 0 Å². The van der Waals surface area contributed by atoms with Crippen LogP contribution in [0.15, 0.2) is 90.0 Å². The van der Waals surface area contributed by atoms with Gasteiger partial charge in [-0.1, -0.05) is 60.7 Å². The van der Waals surface area contributed by atoms with Crippen LogP contribution in [0.1, 0.15) is 34.7 Å². The summed E-state index contributed by atoms with van der Waals surface area (Å²) in [6, 6.07) is 23.7. The molecule has 0 spiro atoms. The molecule has 0 aromatic heterocycles. The minimum atomic E-state index is -0.903. The lowest BCUT2D eigenvalue weighted by atomic mass is 9.92. The number of fused-ring (bicyclic) bond motifs is 8. The number of hydrazine groups is 1. The molecule has 0 N–H and O–H groups in total. The molecule has 208 valence electrons. The van der Waals surface area contributed by atoms with Crippen molar-refractivity contribution in [2.75, 3.05) is 19.8 Å². The van der Waals surface area contributed by atoms with E-state index in [0.29, 0.717) is 31.7 Å². The van der Waals surface area contributed by atoms with Crippen molar-refractivity contribution in [3.05, 3.63) is 107 Å². The van der Waals surface area contributed by atoms with E-state index in [4.69, 9.17) is 9.47 Å². The molecule has 7 nitrogen and oxygen atoms in total. The van der Waals surface area contributed by atoms with Crippen LogP contribution >= 0.6 is 11.8 Å². The summed E-state index contributed by atoms with van der Waals surface area (Å²) in [5.41, 5.74) is 4.52. The summed E-state index contributed by atoms with van der Waals surface area (Å²) < 4.78 is 12.9. The van der Waals surface area contributed by atoms with Crippen molar-refractivity contribution in [2.45, 2.75) is 41.9 Å². The fraction of sp³-hybridized carbons (Fsp3) is 0.333. The molecule has 4 aliphatic heterocycles. The van der Waals surface area contributed by atoms with Gasteiger partial charge in [-0.3, -0.25) is 14.6 Å².